The third-order valence-corrected chi connectivity index (χ3v) is 1.92. The maximum absolute atomic E-state index is 11.9. The van der Waals surface area contributed by atoms with E-state index < -0.39 is 5.97 Å². The van der Waals surface area contributed by atoms with E-state index in [1.165, 1.54) is 0 Å². The summed E-state index contributed by atoms with van der Waals surface area (Å²) >= 11 is 0. The fraction of sp³-hybridized carbons (Fsp3) is 0.889. The van der Waals surface area contributed by atoms with Crippen LogP contribution < -0.4 is 0 Å². The third-order valence-electron chi connectivity index (χ3n) is 1.92. The second-order valence-corrected chi connectivity index (χ2v) is 3.32. The molecule has 0 radical (unpaired) electrons. The van der Waals surface area contributed by atoms with Gasteiger partial charge in [-0.3, -0.25) is 9.18 Å². The molecule has 1 N–H and O–H groups in total. The first-order chi connectivity index (χ1) is 6.07. The molecular weight excluding hydrogens is 173 g/mol. The number of carboxylic acid groups (broad SMARTS) is 1. The van der Waals surface area contributed by atoms with Gasteiger partial charge in [-0.1, -0.05) is 0 Å². The predicted octanol–water partition coefficient (Wildman–Crippen LogP) is 1.53. The molecule has 0 rings (SSSR count). The second kappa shape index (κ2) is 6.83. The Hall–Kier alpha value is -0.640. The zero-order valence-corrected chi connectivity index (χ0v) is 8.29. The van der Waals surface area contributed by atoms with Gasteiger partial charge in [0.2, 0.25) is 0 Å². The van der Waals surface area contributed by atoms with Crippen molar-refractivity contribution < 1.29 is 14.3 Å². The van der Waals surface area contributed by atoms with Gasteiger partial charge in [-0.05, 0) is 20.3 Å². The Morgan fingerprint density at radius 3 is 2.46 bits per heavy atom. The van der Waals surface area contributed by atoms with E-state index >= 15 is 0 Å². The SMILES string of the molecule is CC(C)N(CCCF)CCC(=O)O. The smallest absolute Gasteiger partial charge is 0.304 e. The molecule has 4 heteroatoms. The summed E-state index contributed by atoms with van der Waals surface area (Å²) in [5.41, 5.74) is 0. The molecule has 0 aliphatic heterocycles. The van der Waals surface area contributed by atoms with E-state index in [2.05, 4.69) is 0 Å². The van der Waals surface area contributed by atoms with Crippen molar-refractivity contribution in [3.05, 3.63) is 0 Å². The third kappa shape index (κ3) is 6.51. The van der Waals surface area contributed by atoms with E-state index in [1.807, 2.05) is 18.7 Å². The molecule has 0 saturated carbocycles. The Bertz CT molecular complexity index is 151. The summed E-state index contributed by atoms with van der Waals surface area (Å²) in [6.45, 7) is 4.78. The Labute approximate surface area is 78.5 Å². The molecule has 0 aliphatic carbocycles. The monoisotopic (exact) mass is 191 g/mol. The summed E-state index contributed by atoms with van der Waals surface area (Å²) in [6, 6.07) is 0.283. The lowest BCUT2D eigenvalue weighted by atomic mass is 10.2. The Balaban J connectivity index is 3.73. The van der Waals surface area contributed by atoms with Gasteiger partial charge in [0.05, 0.1) is 13.1 Å². The van der Waals surface area contributed by atoms with E-state index in [4.69, 9.17) is 5.11 Å². The van der Waals surface area contributed by atoms with Crippen LogP contribution in [-0.4, -0.2) is 41.8 Å². The van der Waals surface area contributed by atoms with Crippen LogP contribution in [-0.2, 0) is 4.79 Å². The molecule has 0 amide bonds. The van der Waals surface area contributed by atoms with Gasteiger partial charge in [-0.2, -0.15) is 0 Å². The average molecular weight is 191 g/mol. The number of aliphatic carboxylic acids is 1. The van der Waals surface area contributed by atoms with E-state index in [9.17, 15) is 9.18 Å². The van der Waals surface area contributed by atoms with Gasteiger partial charge in [0.25, 0.3) is 0 Å². The maximum atomic E-state index is 11.9. The summed E-state index contributed by atoms with van der Waals surface area (Å²) in [7, 11) is 0. The van der Waals surface area contributed by atoms with E-state index in [-0.39, 0.29) is 19.1 Å². The highest BCUT2D eigenvalue weighted by Crippen LogP contribution is 2.01. The van der Waals surface area contributed by atoms with E-state index in [1.54, 1.807) is 0 Å². The van der Waals surface area contributed by atoms with Crippen LogP contribution in [0.1, 0.15) is 26.7 Å². The highest BCUT2D eigenvalue weighted by atomic mass is 19.1. The zero-order valence-electron chi connectivity index (χ0n) is 8.29. The van der Waals surface area contributed by atoms with Crippen molar-refractivity contribution in [1.29, 1.82) is 0 Å². The average Bonchev–Trinajstić information content (AvgIpc) is 2.03. The molecule has 0 aromatic heterocycles. The molecular formula is C9H18FNO2. The molecule has 0 unspecified atom stereocenters. The van der Waals surface area contributed by atoms with Crippen molar-refractivity contribution in [3.8, 4) is 0 Å². The predicted molar refractivity (Wildman–Crippen MR) is 49.6 cm³/mol. The fourth-order valence-electron chi connectivity index (χ4n) is 1.13. The van der Waals surface area contributed by atoms with Crippen molar-refractivity contribution in [2.75, 3.05) is 19.8 Å². The molecule has 0 aliphatic rings. The first-order valence-electron chi connectivity index (χ1n) is 4.59. The number of nitrogens with zero attached hydrogens (tertiary/aromatic N) is 1. The van der Waals surface area contributed by atoms with Crippen molar-refractivity contribution >= 4 is 5.97 Å². The van der Waals surface area contributed by atoms with Crippen molar-refractivity contribution in [3.63, 3.8) is 0 Å². The highest BCUT2D eigenvalue weighted by Gasteiger charge is 2.10. The molecule has 3 nitrogen and oxygen atoms in total. The van der Waals surface area contributed by atoms with Crippen LogP contribution in [0.3, 0.4) is 0 Å². The number of rotatable bonds is 7. The Morgan fingerprint density at radius 2 is 2.08 bits per heavy atom. The lowest BCUT2D eigenvalue weighted by molar-refractivity contribution is -0.137. The van der Waals surface area contributed by atoms with E-state index in [0.717, 1.165) is 0 Å². The maximum Gasteiger partial charge on any atom is 0.304 e. The lowest BCUT2D eigenvalue weighted by Gasteiger charge is -2.25. The number of carboxylic acids is 1. The van der Waals surface area contributed by atoms with Crippen LogP contribution in [0.2, 0.25) is 0 Å². The molecule has 0 aromatic carbocycles. The summed E-state index contributed by atoms with van der Waals surface area (Å²) in [6.07, 6.45) is 0.613. The van der Waals surface area contributed by atoms with Crippen LogP contribution in [0, 0.1) is 0 Å². The van der Waals surface area contributed by atoms with Gasteiger partial charge >= 0.3 is 5.97 Å². The summed E-state index contributed by atoms with van der Waals surface area (Å²) in [4.78, 5) is 12.3. The molecule has 0 atom stereocenters. The van der Waals surface area contributed by atoms with Gasteiger partial charge in [-0.15, -0.1) is 0 Å². The molecule has 13 heavy (non-hydrogen) atoms. The van der Waals surface area contributed by atoms with Crippen LogP contribution in [0.25, 0.3) is 0 Å². The molecule has 0 bridgehead atoms. The normalized spacial score (nSPS) is 11.2. The molecule has 0 aromatic rings. The van der Waals surface area contributed by atoms with Crippen molar-refractivity contribution in [2.45, 2.75) is 32.7 Å². The molecule has 78 valence electrons. The Morgan fingerprint density at radius 1 is 1.46 bits per heavy atom. The minimum absolute atomic E-state index is 0.129. The van der Waals surface area contributed by atoms with Gasteiger partial charge in [0.1, 0.15) is 0 Å². The number of hydrogen-bond donors (Lipinski definition) is 1. The van der Waals surface area contributed by atoms with Crippen LogP contribution in [0.4, 0.5) is 4.39 Å². The summed E-state index contributed by atoms with van der Waals surface area (Å²) in [5.74, 6) is -0.800. The van der Waals surface area contributed by atoms with Crippen molar-refractivity contribution in [2.24, 2.45) is 0 Å². The number of alkyl halides is 1. The zero-order chi connectivity index (χ0) is 10.3. The number of halogens is 1. The largest absolute Gasteiger partial charge is 0.481 e. The topological polar surface area (TPSA) is 40.5 Å². The van der Waals surface area contributed by atoms with Crippen LogP contribution >= 0.6 is 0 Å². The molecule has 0 heterocycles. The minimum Gasteiger partial charge on any atom is -0.481 e. The Kier molecular flexibility index (Phi) is 6.49. The lowest BCUT2D eigenvalue weighted by Crippen LogP contribution is -2.34. The van der Waals surface area contributed by atoms with E-state index in [0.29, 0.717) is 19.5 Å². The standard InChI is InChI=1S/C9H18FNO2/c1-8(2)11(6-3-5-10)7-4-9(12)13/h8H,3-7H2,1-2H3,(H,12,13). The highest BCUT2D eigenvalue weighted by molar-refractivity contribution is 5.66. The van der Waals surface area contributed by atoms with Gasteiger partial charge in [0, 0.05) is 19.1 Å². The number of carbonyl (C=O) groups is 1. The second-order valence-electron chi connectivity index (χ2n) is 3.32. The minimum atomic E-state index is -0.800. The summed E-state index contributed by atoms with van der Waals surface area (Å²) < 4.78 is 11.9. The quantitative estimate of drug-likeness (QED) is 0.663. The molecule has 0 saturated heterocycles. The van der Waals surface area contributed by atoms with Crippen LogP contribution in [0.15, 0.2) is 0 Å². The fourth-order valence-corrected chi connectivity index (χ4v) is 1.13. The first-order valence-corrected chi connectivity index (χ1v) is 4.59. The van der Waals surface area contributed by atoms with Crippen LogP contribution in [0.5, 0.6) is 0 Å². The van der Waals surface area contributed by atoms with Gasteiger partial charge in [0.15, 0.2) is 0 Å². The van der Waals surface area contributed by atoms with Gasteiger partial charge in [-0.25, -0.2) is 0 Å². The molecule has 0 fully saturated rings. The first kappa shape index (κ1) is 12.4. The number of hydrogen-bond acceptors (Lipinski definition) is 2. The van der Waals surface area contributed by atoms with Crippen molar-refractivity contribution in [1.82, 2.24) is 4.90 Å². The van der Waals surface area contributed by atoms with Gasteiger partial charge < -0.3 is 10.0 Å². The summed E-state index contributed by atoms with van der Waals surface area (Å²) in [5, 5.41) is 8.47. The molecule has 0 spiro atoms.